The van der Waals surface area contributed by atoms with Crippen molar-refractivity contribution in [2.24, 2.45) is 5.41 Å². The molecule has 1 rings (SSSR count). The van der Waals surface area contributed by atoms with Crippen molar-refractivity contribution in [1.29, 1.82) is 0 Å². The molecule has 3 heteroatoms. The molecule has 0 N–H and O–H groups in total. The Hall–Kier alpha value is -0.120. The minimum atomic E-state index is 0.448. The number of hydrogen-bond donors (Lipinski definition) is 0. The molecular weight excluding hydrogens is 238 g/mol. The Kier molecular flexibility index (Phi) is 7.96. The van der Waals surface area contributed by atoms with E-state index in [0.717, 1.165) is 26.3 Å². The number of methoxy groups -OCH3 is 1. The molecule has 19 heavy (non-hydrogen) atoms. The fraction of sp³-hybridized carbons (Fsp3) is 1.00. The molecular formula is C16H33NO2. The zero-order chi connectivity index (χ0) is 14.1. The van der Waals surface area contributed by atoms with Crippen LogP contribution in [0.5, 0.6) is 0 Å². The summed E-state index contributed by atoms with van der Waals surface area (Å²) in [6.07, 6.45) is 6.65. The topological polar surface area (TPSA) is 21.7 Å². The molecule has 1 fully saturated rings. The number of hydrogen-bond acceptors (Lipinski definition) is 3. The number of ether oxygens (including phenoxy) is 2. The predicted molar refractivity (Wildman–Crippen MR) is 80.6 cm³/mol. The smallest absolute Gasteiger partial charge is 0.0594 e. The summed E-state index contributed by atoms with van der Waals surface area (Å²) in [7, 11) is 1.86. The third-order valence-corrected chi connectivity index (χ3v) is 3.89. The maximum Gasteiger partial charge on any atom is 0.0594 e. The normalized spacial score (nSPS) is 19.6. The Balaban J connectivity index is 2.07. The minimum Gasteiger partial charge on any atom is -0.381 e. The highest BCUT2D eigenvalue weighted by atomic mass is 16.5. The maximum absolute atomic E-state index is 5.61. The highest BCUT2D eigenvalue weighted by Crippen LogP contribution is 2.23. The molecule has 1 aliphatic rings. The van der Waals surface area contributed by atoms with E-state index in [1.807, 2.05) is 7.11 Å². The molecule has 0 bridgehead atoms. The van der Waals surface area contributed by atoms with E-state index in [-0.39, 0.29) is 0 Å². The van der Waals surface area contributed by atoms with Crippen LogP contribution in [0.2, 0.25) is 0 Å². The van der Waals surface area contributed by atoms with Gasteiger partial charge in [0.15, 0.2) is 0 Å². The van der Waals surface area contributed by atoms with Gasteiger partial charge in [0.05, 0.1) is 19.3 Å². The van der Waals surface area contributed by atoms with Crippen LogP contribution < -0.4 is 0 Å². The molecule has 0 aromatic rings. The number of rotatable bonds is 8. The van der Waals surface area contributed by atoms with Gasteiger partial charge in [-0.05, 0) is 37.6 Å². The van der Waals surface area contributed by atoms with Gasteiger partial charge in [0, 0.05) is 20.2 Å². The second-order valence-corrected chi connectivity index (χ2v) is 6.91. The van der Waals surface area contributed by atoms with E-state index >= 15 is 0 Å². The molecule has 0 unspecified atom stereocenters. The van der Waals surface area contributed by atoms with Crippen molar-refractivity contribution in [1.82, 2.24) is 4.90 Å². The number of morpholine rings is 1. The lowest BCUT2D eigenvalue weighted by atomic mass is 9.89. The summed E-state index contributed by atoms with van der Waals surface area (Å²) >= 11 is 0. The van der Waals surface area contributed by atoms with Crippen molar-refractivity contribution in [2.45, 2.75) is 59.0 Å². The molecule has 0 spiro atoms. The maximum atomic E-state index is 5.61. The summed E-state index contributed by atoms with van der Waals surface area (Å²) in [4.78, 5) is 2.51. The fourth-order valence-electron chi connectivity index (χ4n) is 2.61. The van der Waals surface area contributed by atoms with Crippen LogP contribution in [-0.4, -0.2) is 51.0 Å². The molecule has 1 heterocycles. The first-order chi connectivity index (χ1) is 9.01. The molecule has 1 atom stereocenters. The van der Waals surface area contributed by atoms with Gasteiger partial charge in [-0.15, -0.1) is 0 Å². The first kappa shape index (κ1) is 16.9. The van der Waals surface area contributed by atoms with Crippen molar-refractivity contribution >= 4 is 0 Å². The van der Waals surface area contributed by atoms with Crippen LogP contribution in [0.15, 0.2) is 0 Å². The standard InChI is InChI=1S/C16H33NO2/c1-16(2,3)9-5-7-15(18-4)8-6-10-17-11-13-19-14-12-17/h15H,5-14H2,1-4H3/t15-/m0/s1. The molecule has 1 aliphatic heterocycles. The van der Waals surface area contributed by atoms with E-state index in [1.165, 1.54) is 38.6 Å². The number of nitrogens with zero attached hydrogens (tertiary/aromatic N) is 1. The van der Waals surface area contributed by atoms with Crippen LogP contribution in [0.25, 0.3) is 0 Å². The lowest BCUT2D eigenvalue weighted by molar-refractivity contribution is 0.0323. The van der Waals surface area contributed by atoms with Gasteiger partial charge in [-0.3, -0.25) is 4.90 Å². The summed E-state index contributed by atoms with van der Waals surface area (Å²) in [5.74, 6) is 0. The van der Waals surface area contributed by atoms with Gasteiger partial charge >= 0.3 is 0 Å². The van der Waals surface area contributed by atoms with E-state index in [1.54, 1.807) is 0 Å². The molecule has 0 aromatic carbocycles. The van der Waals surface area contributed by atoms with E-state index in [2.05, 4.69) is 25.7 Å². The summed E-state index contributed by atoms with van der Waals surface area (Å²) in [5.41, 5.74) is 0.450. The van der Waals surface area contributed by atoms with Crippen LogP contribution >= 0.6 is 0 Å². The predicted octanol–water partition coefficient (Wildman–Crippen LogP) is 3.33. The first-order valence-electron chi connectivity index (χ1n) is 7.84. The lowest BCUT2D eigenvalue weighted by Gasteiger charge is -2.27. The van der Waals surface area contributed by atoms with Crippen LogP contribution in [0, 0.1) is 5.41 Å². The molecule has 3 nitrogen and oxygen atoms in total. The SMILES string of the molecule is CO[C@H](CCCN1CCOCC1)CCCC(C)(C)C. The average molecular weight is 271 g/mol. The third-order valence-electron chi connectivity index (χ3n) is 3.89. The van der Waals surface area contributed by atoms with E-state index in [9.17, 15) is 0 Å². The van der Waals surface area contributed by atoms with E-state index < -0.39 is 0 Å². The molecule has 0 amide bonds. The van der Waals surface area contributed by atoms with Crippen molar-refractivity contribution < 1.29 is 9.47 Å². The van der Waals surface area contributed by atoms with Gasteiger partial charge in [-0.25, -0.2) is 0 Å². The van der Waals surface area contributed by atoms with Gasteiger partial charge in [-0.2, -0.15) is 0 Å². The largest absolute Gasteiger partial charge is 0.381 e. The van der Waals surface area contributed by atoms with Crippen molar-refractivity contribution in [3.05, 3.63) is 0 Å². The van der Waals surface area contributed by atoms with Crippen molar-refractivity contribution in [2.75, 3.05) is 40.0 Å². The van der Waals surface area contributed by atoms with Crippen molar-refractivity contribution in [3.63, 3.8) is 0 Å². The Morgan fingerprint density at radius 1 is 1.11 bits per heavy atom. The Labute approximate surface area is 119 Å². The Morgan fingerprint density at radius 2 is 1.74 bits per heavy atom. The van der Waals surface area contributed by atoms with E-state index in [4.69, 9.17) is 9.47 Å². The van der Waals surface area contributed by atoms with Gasteiger partial charge in [0.2, 0.25) is 0 Å². The summed E-state index contributed by atoms with van der Waals surface area (Å²) in [6, 6.07) is 0. The zero-order valence-corrected chi connectivity index (χ0v) is 13.4. The summed E-state index contributed by atoms with van der Waals surface area (Å²) in [5, 5.41) is 0. The van der Waals surface area contributed by atoms with Crippen LogP contribution in [0.3, 0.4) is 0 Å². The van der Waals surface area contributed by atoms with Crippen LogP contribution in [-0.2, 0) is 9.47 Å². The second-order valence-electron chi connectivity index (χ2n) is 6.91. The fourth-order valence-corrected chi connectivity index (χ4v) is 2.61. The highest BCUT2D eigenvalue weighted by Gasteiger charge is 2.14. The third kappa shape index (κ3) is 8.61. The van der Waals surface area contributed by atoms with Gasteiger partial charge in [-0.1, -0.05) is 27.2 Å². The van der Waals surface area contributed by atoms with Crippen LogP contribution in [0.4, 0.5) is 0 Å². The second kappa shape index (κ2) is 8.93. The minimum absolute atomic E-state index is 0.448. The Bertz CT molecular complexity index is 219. The van der Waals surface area contributed by atoms with Gasteiger partial charge < -0.3 is 9.47 Å². The molecule has 0 aliphatic carbocycles. The molecule has 0 aromatic heterocycles. The van der Waals surface area contributed by atoms with Crippen LogP contribution in [0.1, 0.15) is 52.9 Å². The molecule has 0 radical (unpaired) electrons. The average Bonchev–Trinajstić information content (AvgIpc) is 2.37. The summed E-state index contributed by atoms with van der Waals surface area (Å²) < 4.78 is 11.0. The molecule has 114 valence electrons. The molecule has 1 saturated heterocycles. The quantitative estimate of drug-likeness (QED) is 0.676. The summed E-state index contributed by atoms with van der Waals surface area (Å²) in [6.45, 7) is 12.1. The lowest BCUT2D eigenvalue weighted by Crippen LogP contribution is -2.37. The Morgan fingerprint density at radius 3 is 2.32 bits per heavy atom. The highest BCUT2D eigenvalue weighted by molar-refractivity contribution is 4.67. The van der Waals surface area contributed by atoms with Crippen molar-refractivity contribution in [3.8, 4) is 0 Å². The zero-order valence-electron chi connectivity index (χ0n) is 13.4. The van der Waals surface area contributed by atoms with E-state index in [0.29, 0.717) is 11.5 Å². The molecule has 0 saturated carbocycles. The van der Waals surface area contributed by atoms with Gasteiger partial charge in [0.25, 0.3) is 0 Å². The van der Waals surface area contributed by atoms with Gasteiger partial charge in [0.1, 0.15) is 0 Å². The monoisotopic (exact) mass is 271 g/mol. The first-order valence-corrected chi connectivity index (χ1v) is 7.84.